The fraction of sp³-hybridized carbons (Fsp3) is 0. The van der Waals surface area contributed by atoms with E-state index in [9.17, 15) is 0 Å². The van der Waals surface area contributed by atoms with Crippen LogP contribution in [0.25, 0.3) is 0 Å². The number of rotatable bonds is 0. The third kappa shape index (κ3) is 17.9. The smallest absolute Gasteiger partial charge is 0.429 e. The Morgan fingerprint density at radius 1 is 1.25 bits per heavy atom. The van der Waals surface area contributed by atoms with Crippen LogP contribution >= 0.6 is 0 Å². The van der Waals surface area contributed by atoms with Crippen LogP contribution in [-0.2, 0) is 19.8 Å². The molecule has 2 N–H and O–H groups in total. The van der Waals surface area contributed by atoms with E-state index >= 15 is 0 Å². The van der Waals surface area contributed by atoms with E-state index in [1.807, 2.05) is 0 Å². The van der Waals surface area contributed by atoms with Crippen LogP contribution < -0.4 is 0 Å². The van der Waals surface area contributed by atoms with E-state index in [4.69, 9.17) is 10.0 Å². The minimum Gasteiger partial charge on any atom is -0.429 e. The molecular formula is H2BO2Os. The Labute approximate surface area is 38.2 Å². The Bertz CT molecular complexity index is 6.00. The summed E-state index contributed by atoms with van der Waals surface area (Å²) in [7, 11) is 0. The van der Waals surface area contributed by atoms with Gasteiger partial charge in [0.1, 0.15) is 0 Å². The van der Waals surface area contributed by atoms with Gasteiger partial charge < -0.3 is 10.0 Å². The van der Waals surface area contributed by atoms with Gasteiger partial charge in [0.15, 0.2) is 0 Å². The van der Waals surface area contributed by atoms with Crippen molar-refractivity contribution in [2.24, 2.45) is 0 Å². The summed E-state index contributed by atoms with van der Waals surface area (Å²) in [5.41, 5.74) is 0. The van der Waals surface area contributed by atoms with Gasteiger partial charge in [-0.15, -0.1) is 0 Å². The van der Waals surface area contributed by atoms with E-state index in [0.717, 1.165) is 0 Å². The summed E-state index contributed by atoms with van der Waals surface area (Å²) in [6.07, 6.45) is 0. The van der Waals surface area contributed by atoms with Crippen LogP contribution in [0, 0.1) is 0 Å². The molecule has 0 aromatic heterocycles. The van der Waals surface area contributed by atoms with Crippen molar-refractivity contribution >= 4 is 7.69 Å². The summed E-state index contributed by atoms with van der Waals surface area (Å²) in [6, 6.07) is 0. The number of hydrogen-bond donors (Lipinski definition) is 2. The third-order valence-corrected chi connectivity index (χ3v) is 0. The van der Waals surface area contributed by atoms with E-state index in [1.54, 1.807) is 0 Å². The number of hydrogen-bond acceptors (Lipinski definition) is 2. The Kier molecular flexibility index (Phi) is 20.9. The van der Waals surface area contributed by atoms with Gasteiger partial charge in [-0.25, -0.2) is 0 Å². The van der Waals surface area contributed by atoms with Crippen LogP contribution in [0.3, 0.4) is 0 Å². The Morgan fingerprint density at radius 2 is 1.25 bits per heavy atom. The van der Waals surface area contributed by atoms with Crippen LogP contribution in [0.4, 0.5) is 0 Å². The summed E-state index contributed by atoms with van der Waals surface area (Å²) in [4.78, 5) is 0. The van der Waals surface area contributed by atoms with E-state index in [2.05, 4.69) is 0 Å². The van der Waals surface area contributed by atoms with Gasteiger partial charge in [0.2, 0.25) is 0 Å². The third-order valence-electron chi connectivity index (χ3n) is 0. The van der Waals surface area contributed by atoms with Crippen molar-refractivity contribution in [1.29, 1.82) is 0 Å². The Balaban J connectivity index is 0. The van der Waals surface area contributed by atoms with Gasteiger partial charge in [-0.2, -0.15) is 0 Å². The molecule has 2 nitrogen and oxygen atoms in total. The molecule has 0 unspecified atom stereocenters. The maximum atomic E-state index is 7.00. The van der Waals surface area contributed by atoms with Crippen LogP contribution in [0.2, 0.25) is 0 Å². The molecule has 0 amide bonds. The van der Waals surface area contributed by atoms with Crippen molar-refractivity contribution in [3.63, 3.8) is 0 Å². The Hall–Kier alpha value is 0.621. The first-order valence-electron chi connectivity index (χ1n) is 0.516. The fourth-order valence-electron chi connectivity index (χ4n) is 0. The molecule has 0 fully saturated rings. The van der Waals surface area contributed by atoms with E-state index < -0.39 is 0 Å². The summed E-state index contributed by atoms with van der Waals surface area (Å²) >= 11 is 0. The molecule has 25 valence electrons. The molecule has 0 bridgehead atoms. The van der Waals surface area contributed by atoms with Gasteiger partial charge in [-0.1, -0.05) is 0 Å². The molecule has 0 aliphatic rings. The SMILES string of the molecule is O[B]O.[Os]. The molecule has 0 spiro atoms. The predicted octanol–water partition coefficient (Wildman–Crippen LogP) is -1.50. The van der Waals surface area contributed by atoms with Crippen molar-refractivity contribution in [3.05, 3.63) is 0 Å². The second-order valence-corrected chi connectivity index (χ2v) is 0.115. The average Bonchev–Trinajstić information content (AvgIpc) is 0.918. The zero-order valence-electron chi connectivity index (χ0n) is 1.83. The molecule has 0 aromatic rings. The zero-order chi connectivity index (χ0) is 2.71. The molecule has 0 rings (SSSR count). The molecule has 0 saturated heterocycles. The monoisotopic (exact) mass is 237 g/mol. The molecule has 0 heterocycles. The van der Waals surface area contributed by atoms with Gasteiger partial charge in [0, 0.05) is 19.8 Å². The molecule has 4 heteroatoms. The fourth-order valence-corrected chi connectivity index (χ4v) is 0. The summed E-state index contributed by atoms with van der Waals surface area (Å²) in [5, 5.41) is 14.0. The minimum absolute atomic E-state index is 0. The van der Waals surface area contributed by atoms with Gasteiger partial charge in [-0.3, -0.25) is 0 Å². The molecule has 0 aromatic carbocycles. The first-order chi connectivity index (χ1) is 1.41. The van der Waals surface area contributed by atoms with E-state index in [0.29, 0.717) is 0 Å². The first kappa shape index (κ1) is 8.82. The molecule has 0 atom stereocenters. The molecule has 4 heavy (non-hydrogen) atoms. The van der Waals surface area contributed by atoms with Crippen molar-refractivity contribution in [3.8, 4) is 0 Å². The molecule has 0 aliphatic heterocycles. The molecular weight excluding hydrogens is 233 g/mol. The van der Waals surface area contributed by atoms with Gasteiger partial charge in [0.25, 0.3) is 0 Å². The molecule has 0 aliphatic carbocycles. The van der Waals surface area contributed by atoms with Gasteiger partial charge >= 0.3 is 7.69 Å². The van der Waals surface area contributed by atoms with Crippen molar-refractivity contribution < 1.29 is 29.8 Å². The summed E-state index contributed by atoms with van der Waals surface area (Å²) in [5.74, 6) is 0. The van der Waals surface area contributed by atoms with Crippen LogP contribution in [0.15, 0.2) is 0 Å². The summed E-state index contributed by atoms with van der Waals surface area (Å²) in [6.45, 7) is 0. The van der Waals surface area contributed by atoms with Gasteiger partial charge in [0.05, 0.1) is 0 Å². The predicted molar refractivity (Wildman–Crippen MR) is 10.2 cm³/mol. The second-order valence-electron chi connectivity index (χ2n) is 0.115. The largest absolute Gasteiger partial charge is 0.482 e. The topological polar surface area (TPSA) is 40.5 Å². The molecule has 0 saturated carbocycles. The second kappa shape index (κ2) is 9.47. The van der Waals surface area contributed by atoms with E-state index in [1.165, 1.54) is 0 Å². The first-order valence-corrected chi connectivity index (χ1v) is 0.516. The van der Waals surface area contributed by atoms with Gasteiger partial charge in [-0.05, 0) is 0 Å². The Morgan fingerprint density at radius 3 is 1.25 bits per heavy atom. The maximum Gasteiger partial charge on any atom is 0.482 e. The normalized spacial score (nSPS) is 3.50. The zero-order valence-corrected chi connectivity index (χ0v) is 4.37. The average molecular weight is 235 g/mol. The minimum atomic E-state index is 0. The maximum absolute atomic E-state index is 7.00. The summed E-state index contributed by atoms with van der Waals surface area (Å²) < 4.78 is 0. The standard InChI is InChI=1S/BH2O2.Os/c2-1-3;/h2-3H;. The van der Waals surface area contributed by atoms with Crippen molar-refractivity contribution in [1.82, 2.24) is 0 Å². The quantitative estimate of drug-likeness (QED) is 0.502. The van der Waals surface area contributed by atoms with Crippen LogP contribution in [0.1, 0.15) is 0 Å². The van der Waals surface area contributed by atoms with Crippen molar-refractivity contribution in [2.75, 3.05) is 0 Å². The van der Waals surface area contributed by atoms with Crippen LogP contribution in [-0.4, -0.2) is 17.7 Å². The van der Waals surface area contributed by atoms with Crippen molar-refractivity contribution in [2.45, 2.75) is 0 Å². The molecule has 1 radical (unpaired) electrons. The van der Waals surface area contributed by atoms with Crippen LogP contribution in [0.5, 0.6) is 0 Å². The van der Waals surface area contributed by atoms with E-state index in [-0.39, 0.29) is 27.5 Å².